The average molecular weight is 952 g/mol. The number of anilines is 1. The van der Waals surface area contributed by atoms with Crippen molar-refractivity contribution in [3.63, 3.8) is 0 Å². The third-order valence-corrected chi connectivity index (χ3v) is 18.7. The second-order valence-electron chi connectivity index (χ2n) is 22.8. The summed E-state index contributed by atoms with van der Waals surface area (Å²) in [5, 5.41) is 1.26. The lowest BCUT2D eigenvalue weighted by atomic mass is 9.46. The molecule has 4 fully saturated rings. The van der Waals surface area contributed by atoms with E-state index >= 15 is 0 Å². The van der Waals surface area contributed by atoms with E-state index in [1.807, 2.05) is 13.0 Å². The van der Waals surface area contributed by atoms with E-state index in [2.05, 4.69) is 45.7 Å². The Kier molecular flexibility index (Phi) is 15.9. The molecule has 8 nitrogen and oxygen atoms in total. The van der Waals surface area contributed by atoms with Crippen LogP contribution in [0, 0.1) is 69.9 Å². The number of nitrogens with zero attached hydrogens (tertiary/aromatic N) is 2. The van der Waals surface area contributed by atoms with Crippen molar-refractivity contribution in [1.82, 2.24) is 4.98 Å². The van der Waals surface area contributed by atoms with Crippen LogP contribution in [0.15, 0.2) is 66.4 Å². The van der Waals surface area contributed by atoms with Gasteiger partial charge < -0.3 is 9.47 Å². The van der Waals surface area contributed by atoms with Gasteiger partial charge in [-0.05, 0) is 195 Å². The number of Topliss-reactive ketones (excluding diaryl/α,β-unsaturated/α-hetero) is 1. The molecule has 10 heteroatoms. The van der Waals surface area contributed by atoms with Gasteiger partial charge in [0.2, 0.25) is 12.7 Å². The lowest BCUT2D eigenvalue weighted by Gasteiger charge is -2.58. The van der Waals surface area contributed by atoms with E-state index in [1.54, 1.807) is 48.2 Å². The number of hydrogen-bond donors (Lipinski definition) is 0. The van der Waals surface area contributed by atoms with Crippen molar-refractivity contribution in [2.45, 2.75) is 163 Å². The number of amides is 2. The Labute approximate surface area is 409 Å². The number of carbonyl (C=O) groups is 4. The molecule has 68 heavy (non-hydrogen) atoms. The Bertz CT molecular complexity index is 2320. The lowest BCUT2D eigenvalue weighted by molar-refractivity contribution is -0.152. The van der Waals surface area contributed by atoms with Crippen molar-refractivity contribution < 1.29 is 33.0 Å². The van der Waals surface area contributed by atoms with Gasteiger partial charge in [-0.25, -0.2) is 14.1 Å². The molecule has 5 aliphatic carbocycles. The first-order valence-corrected chi connectivity index (χ1v) is 26.6. The van der Waals surface area contributed by atoms with Crippen LogP contribution in [0.1, 0.15) is 169 Å². The summed E-state index contributed by atoms with van der Waals surface area (Å²) in [6.45, 7) is 13.6. The molecule has 0 spiro atoms. The maximum absolute atomic E-state index is 14.2. The molecule has 5 aliphatic rings. The van der Waals surface area contributed by atoms with Crippen molar-refractivity contribution in [2.24, 2.45) is 64.1 Å². The van der Waals surface area contributed by atoms with Crippen LogP contribution >= 0.6 is 11.6 Å². The first-order valence-electron chi connectivity index (χ1n) is 26.2. The Morgan fingerprint density at radius 2 is 1.62 bits per heavy atom. The minimum Gasteiger partial charge on any atom is -0.428 e. The van der Waals surface area contributed by atoms with Crippen molar-refractivity contribution in [3.8, 4) is 0 Å². The van der Waals surface area contributed by atoms with Crippen LogP contribution in [0.4, 0.5) is 14.9 Å². The van der Waals surface area contributed by atoms with Gasteiger partial charge in [-0.15, -0.1) is 0 Å². The molecule has 2 aromatic carbocycles. The van der Waals surface area contributed by atoms with Crippen molar-refractivity contribution >= 4 is 51.9 Å². The fraction of sp³-hybridized carbons (Fsp3) is 0.638. The van der Waals surface area contributed by atoms with E-state index in [0.29, 0.717) is 22.5 Å². The van der Waals surface area contributed by atoms with Crippen molar-refractivity contribution in [3.05, 3.63) is 82.8 Å². The van der Waals surface area contributed by atoms with Gasteiger partial charge >= 0.3 is 12.1 Å². The quantitative estimate of drug-likeness (QED) is 0.0800. The van der Waals surface area contributed by atoms with E-state index in [9.17, 15) is 23.6 Å². The molecule has 0 radical (unpaired) electrons. The number of carbonyl (C=O) groups excluding carboxylic acids is 4. The summed E-state index contributed by atoms with van der Waals surface area (Å²) in [6, 6.07) is 13.0. The molecule has 2 amide bonds. The van der Waals surface area contributed by atoms with Crippen LogP contribution in [-0.4, -0.2) is 35.5 Å². The fourth-order valence-electron chi connectivity index (χ4n) is 14.6. The maximum atomic E-state index is 14.2. The van der Waals surface area contributed by atoms with Gasteiger partial charge in [-0.1, -0.05) is 84.1 Å². The smallest absolute Gasteiger partial charge is 0.424 e. The van der Waals surface area contributed by atoms with Gasteiger partial charge in [-0.3, -0.25) is 19.4 Å². The summed E-state index contributed by atoms with van der Waals surface area (Å²) in [5.74, 6) is 3.42. The number of rotatable bonds is 16. The number of benzene rings is 2. The number of aromatic nitrogens is 1. The minimum atomic E-state index is -0.962. The summed E-state index contributed by atoms with van der Waals surface area (Å²) in [7, 11) is 0. The third kappa shape index (κ3) is 10.8. The summed E-state index contributed by atoms with van der Waals surface area (Å²) in [6.07, 6.45) is 20.8. The van der Waals surface area contributed by atoms with Crippen LogP contribution in [-0.2, 0) is 23.9 Å². The van der Waals surface area contributed by atoms with Crippen molar-refractivity contribution in [2.75, 3.05) is 11.7 Å². The van der Waals surface area contributed by atoms with Gasteiger partial charge in [0.15, 0.2) is 0 Å². The average Bonchev–Trinajstić information content (AvgIpc) is 3.68. The number of fused-ring (bicyclic) bond motifs is 6. The number of ketones is 1. The van der Waals surface area contributed by atoms with E-state index < -0.39 is 30.7 Å². The van der Waals surface area contributed by atoms with Gasteiger partial charge in [0.05, 0.1) is 17.6 Å². The van der Waals surface area contributed by atoms with Crippen molar-refractivity contribution in [1.29, 1.82) is 0 Å². The molecule has 368 valence electrons. The number of ether oxygens (including phenoxy) is 2. The molecule has 1 aromatic heterocycles. The zero-order valence-electron chi connectivity index (χ0n) is 41.6. The predicted octanol–water partition coefficient (Wildman–Crippen LogP) is 15.0. The first kappa shape index (κ1) is 50.3. The first-order chi connectivity index (χ1) is 32.5. The molecule has 0 saturated heterocycles. The van der Waals surface area contributed by atoms with Crippen LogP contribution in [0.2, 0.25) is 5.02 Å². The third-order valence-electron chi connectivity index (χ3n) is 18.5. The molecule has 2 unspecified atom stereocenters. The highest BCUT2D eigenvalue weighted by atomic mass is 35.5. The van der Waals surface area contributed by atoms with Crippen LogP contribution in [0.3, 0.4) is 0 Å². The molecule has 8 rings (SSSR count). The van der Waals surface area contributed by atoms with Gasteiger partial charge in [0.25, 0.3) is 0 Å². The van der Waals surface area contributed by atoms with Gasteiger partial charge in [-0.2, -0.15) is 0 Å². The standard InChI is InChI=1S/C58H76ClFN2O6/c1-36(2)8-7-9-37(3)50-22-23-51-48-21-14-42-32-39(26-29-57(42,5)52(48)27-30-58(50,51)6)33-46(63)20-25-54(64)67-35-68-56(66)62(45-18-15-43(59)16-19-45)55(65)38(4)40-10-12-41(13-11-40)47-28-31-61-53-24-17-44(60)34-49(47)53/h14-19,24,28,31,34,36-41,48,50-52H,7-13,20-23,25-27,29-30,32-33,35H2,1-6H3/t37?,38-,39+,40?,41?,48+,50?,51+,52+,57+,58-/m1/s1. The minimum absolute atomic E-state index is 0.00170. The van der Waals surface area contributed by atoms with E-state index in [-0.39, 0.29) is 47.6 Å². The lowest BCUT2D eigenvalue weighted by Crippen LogP contribution is -2.50. The number of allylic oxidation sites excluding steroid dienone is 2. The second-order valence-corrected chi connectivity index (χ2v) is 23.2. The highest BCUT2D eigenvalue weighted by Crippen LogP contribution is 2.67. The summed E-state index contributed by atoms with van der Waals surface area (Å²) in [5.41, 5.74) is 4.37. The van der Waals surface area contributed by atoms with Crippen LogP contribution < -0.4 is 4.90 Å². The largest absolute Gasteiger partial charge is 0.428 e. The number of pyridine rings is 1. The Morgan fingerprint density at radius 1 is 0.853 bits per heavy atom. The number of esters is 1. The van der Waals surface area contributed by atoms with E-state index in [4.69, 9.17) is 21.1 Å². The zero-order chi connectivity index (χ0) is 48.3. The fourth-order valence-corrected chi connectivity index (χ4v) is 14.8. The molecule has 3 aromatic rings. The van der Waals surface area contributed by atoms with E-state index in [1.165, 1.54) is 57.4 Å². The maximum Gasteiger partial charge on any atom is 0.424 e. The van der Waals surface area contributed by atoms with Gasteiger partial charge in [0.1, 0.15) is 11.6 Å². The molecule has 9 atom stereocenters. The van der Waals surface area contributed by atoms with Gasteiger partial charge in [0, 0.05) is 35.4 Å². The Balaban J connectivity index is 0.791. The molecule has 0 N–H and O–H groups in total. The molecule has 4 saturated carbocycles. The molecule has 0 bridgehead atoms. The predicted molar refractivity (Wildman–Crippen MR) is 267 cm³/mol. The molecule has 1 heterocycles. The number of halogens is 2. The summed E-state index contributed by atoms with van der Waals surface area (Å²) in [4.78, 5) is 59.4. The normalized spacial score (nSPS) is 29.8. The molecule has 0 aliphatic heterocycles. The second kappa shape index (κ2) is 21.5. The van der Waals surface area contributed by atoms with Crippen LogP contribution in [0.5, 0.6) is 0 Å². The topological polar surface area (TPSA) is 103 Å². The van der Waals surface area contributed by atoms with Crippen LogP contribution in [0.25, 0.3) is 10.9 Å². The highest BCUT2D eigenvalue weighted by molar-refractivity contribution is 6.30. The summed E-state index contributed by atoms with van der Waals surface area (Å²) < 4.78 is 24.9. The molecular weight excluding hydrogens is 875 g/mol. The Hall–Kier alpha value is -4.11. The number of imide groups is 1. The monoisotopic (exact) mass is 951 g/mol. The zero-order valence-corrected chi connectivity index (χ0v) is 42.3. The highest BCUT2D eigenvalue weighted by Gasteiger charge is 2.59. The molecular formula is C58H76ClFN2O6. The van der Waals surface area contributed by atoms with E-state index in [0.717, 1.165) is 102 Å². The SMILES string of the molecule is CC(C)CCCC(C)C1CC[C@H]2[C@@H]3CC=C4C[C@@H](CC(=O)CCC(=O)OCOC(=O)N(C(=O)[C@H](C)C5CCC(c6ccnc7ccc(F)cc67)CC5)c5ccc(Cl)cc5)CC[C@]4(C)[C@H]3CC[C@]12C. The number of hydrogen-bond acceptors (Lipinski definition) is 7. The Morgan fingerprint density at radius 3 is 2.37 bits per heavy atom. The summed E-state index contributed by atoms with van der Waals surface area (Å²) >= 11 is 6.17.